The molecule has 8 nitrogen and oxygen atoms in total. The predicted molar refractivity (Wildman–Crippen MR) is 66.9 cm³/mol. The van der Waals surface area contributed by atoms with E-state index in [-0.39, 0.29) is 12.6 Å². The quantitative estimate of drug-likeness (QED) is 0.507. The van der Waals surface area contributed by atoms with Gasteiger partial charge in [-0.15, -0.1) is 0 Å². The number of H-pyrrole nitrogens is 1. The van der Waals surface area contributed by atoms with Crippen molar-refractivity contribution in [1.82, 2.24) is 19.5 Å². The Hall–Kier alpha value is -1.25. The Labute approximate surface area is 115 Å². The molecule has 1 aliphatic heterocycles. The molecular weight excluding hydrogens is 317 g/mol. The van der Waals surface area contributed by atoms with E-state index in [2.05, 4.69) is 30.5 Å². The van der Waals surface area contributed by atoms with Crippen LogP contribution in [0.1, 0.15) is 12.6 Å². The number of nitrogens with zero attached hydrogens (tertiary/aromatic N) is 3. The zero-order valence-corrected chi connectivity index (χ0v) is 11.6. The van der Waals surface area contributed by atoms with Gasteiger partial charge in [-0.25, -0.2) is 0 Å². The van der Waals surface area contributed by atoms with Crippen LogP contribution in [0.15, 0.2) is 6.33 Å². The number of hydrogen-bond acceptors (Lipinski definition) is 6. The Kier molecular flexibility index (Phi) is 3.15. The van der Waals surface area contributed by atoms with Gasteiger partial charge in [0.2, 0.25) is 0 Å². The second-order valence-electron chi connectivity index (χ2n) is 4.39. The van der Waals surface area contributed by atoms with E-state index in [4.69, 9.17) is 15.6 Å². The zero-order valence-electron chi connectivity index (χ0n) is 9.85. The third-order valence-electron chi connectivity index (χ3n) is 3.15. The minimum atomic E-state index is -0.701. The van der Waals surface area contributed by atoms with Crippen molar-refractivity contribution in [3.8, 4) is 0 Å². The molecular formula is C10H13N5O3Se. The average molecular weight is 330 g/mol. The van der Waals surface area contributed by atoms with Crippen molar-refractivity contribution in [3.05, 3.63) is 10.5 Å². The maximum atomic E-state index is 9.76. The number of ether oxygens (including phenoxy) is 1. The van der Waals surface area contributed by atoms with Crippen LogP contribution < -0.4 is 5.73 Å². The van der Waals surface area contributed by atoms with Crippen LogP contribution in [0.4, 0.5) is 5.95 Å². The number of aliphatic hydroxyl groups excluding tert-OH is 2. The number of aliphatic hydroxyl groups is 2. The van der Waals surface area contributed by atoms with Gasteiger partial charge in [0.15, 0.2) is 0 Å². The Balaban J connectivity index is 2.05. The molecule has 3 atom stereocenters. The Morgan fingerprint density at radius 3 is 3.11 bits per heavy atom. The summed E-state index contributed by atoms with van der Waals surface area (Å²) in [5.74, 6) is 0.264. The predicted octanol–water partition coefficient (Wildman–Crippen LogP) is -1.32. The van der Waals surface area contributed by atoms with E-state index < -0.39 is 18.4 Å². The number of nitrogen functional groups attached to an aromatic ring is 1. The molecule has 1 fully saturated rings. The van der Waals surface area contributed by atoms with Crippen molar-refractivity contribution in [2.75, 3.05) is 12.3 Å². The Morgan fingerprint density at radius 1 is 1.63 bits per heavy atom. The van der Waals surface area contributed by atoms with E-state index in [0.717, 1.165) is 0 Å². The van der Waals surface area contributed by atoms with Crippen LogP contribution in [0.3, 0.4) is 0 Å². The van der Waals surface area contributed by atoms with Gasteiger partial charge in [0.05, 0.1) is 0 Å². The summed E-state index contributed by atoms with van der Waals surface area (Å²) in [4.78, 5) is 11.3. The number of hydrogen-bond donors (Lipinski definition) is 4. The summed E-state index contributed by atoms with van der Waals surface area (Å²) in [7, 11) is 0. The molecule has 2 aromatic heterocycles. The molecule has 3 heterocycles. The fraction of sp³-hybridized carbons (Fsp3) is 0.500. The number of imidazole rings is 1. The van der Waals surface area contributed by atoms with E-state index in [1.54, 1.807) is 10.9 Å². The first-order valence-corrected chi connectivity index (χ1v) is 6.62. The number of anilines is 1. The third-order valence-corrected chi connectivity index (χ3v) is 3.76. The number of aromatic nitrogens is 4. The first-order valence-electron chi connectivity index (χ1n) is 5.77. The SMILES string of the molecule is Nc1nc2c(ncn2[C@H]2C[C@@H](O)[C@@H](CO)O2)c(=[Se])[nH]1. The van der Waals surface area contributed by atoms with Crippen LogP contribution >= 0.6 is 0 Å². The molecule has 2 aromatic rings. The Morgan fingerprint density at radius 2 is 2.42 bits per heavy atom. The molecule has 0 aromatic carbocycles. The number of aromatic amines is 1. The van der Waals surface area contributed by atoms with Gasteiger partial charge in [-0.05, 0) is 0 Å². The van der Waals surface area contributed by atoms with Crippen molar-refractivity contribution < 1.29 is 14.9 Å². The summed E-state index contributed by atoms with van der Waals surface area (Å²) >= 11 is 2.84. The summed E-state index contributed by atoms with van der Waals surface area (Å²) in [6, 6.07) is 0. The molecule has 0 unspecified atom stereocenters. The first kappa shape index (κ1) is 12.8. The van der Waals surface area contributed by atoms with Gasteiger partial charge in [-0.1, -0.05) is 0 Å². The molecule has 0 radical (unpaired) electrons. The van der Waals surface area contributed by atoms with Crippen molar-refractivity contribution in [2.24, 2.45) is 0 Å². The molecule has 0 bridgehead atoms. The van der Waals surface area contributed by atoms with Crippen LogP contribution in [0.5, 0.6) is 0 Å². The summed E-state index contributed by atoms with van der Waals surface area (Å²) < 4.78 is 7.98. The molecule has 0 aliphatic carbocycles. The van der Waals surface area contributed by atoms with Crippen LogP contribution in [0.25, 0.3) is 11.2 Å². The fourth-order valence-electron chi connectivity index (χ4n) is 2.20. The van der Waals surface area contributed by atoms with Crippen LogP contribution in [-0.2, 0) is 4.74 Å². The molecule has 9 heteroatoms. The summed E-state index contributed by atoms with van der Waals surface area (Å²) in [6.07, 6.45) is 0.268. The van der Waals surface area contributed by atoms with Gasteiger partial charge >= 0.3 is 115 Å². The zero-order chi connectivity index (χ0) is 13.6. The number of rotatable bonds is 2. The van der Waals surface area contributed by atoms with Crippen molar-refractivity contribution in [2.45, 2.75) is 24.9 Å². The molecule has 3 rings (SSSR count). The molecule has 1 saturated heterocycles. The molecule has 0 spiro atoms. The average Bonchev–Trinajstić information content (AvgIpc) is 2.92. The molecule has 102 valence electrons. The third kappa shape index (κ3) is 2.09. The van der Waals surface area contributed by atoms with Crippen molar-refractivity contribution in [1.29, 1.82) is 0 Å². The molecule has 5 N–H and O–H groups in total. The summed E-state index contributed by atoms with van der Waals surface area (Å²) in [5.41, 5.74) is 6.90. The van der Waals surface area contributed by atoms with Gasteiger partial charge in [0.25, 0.3) is 0 Å². The van der Waals surface area contributed by atoms with Gasteiger partial charge in [0.1, 0.15) is 0 Å². The topological polar surface area (TPSA) is 122 Å². The van der Waals surface area contributed by atoms with Crippen LogP contribution in [0.2, 0.25) is 0 Å². The fourth-order valence-corrected chi connectivity index (χ4v) is 2.73. The van der Waals surface area contributed by atoms with Gasteiger partial charge in [-0.3, -0.25) is 0 Å². The molecule has 19 heavy (non-hydrogen) atoms. The standard InChI is InChI=1S/C10H13N5O3Se/c11-10-13-8-7(9(19)14-10)12-3-15(8)6-1-4(17)5(2-16)18-6/h3-6,16-17H,1-2H2,(H3,11,13,14,19)/t4-,5-,6-/m1/s1. The second kappa shape index (κ2) is 4.69. The Bertz CT molecular complexity index is 669. The van der Waals surface area contributed by atoms with Gasteiger partial charge in [-0.2, -0.15) is 0 Å². The number of fused-ring (bicyclic) bond motifs is 1. The number of nitrogens with two attached hydrogens (primary N) is 1. The van der Waals surface area contributed by atoms with E-state index >= 15 is 0 Å². The normalized spacial score (nSPS) is 27.2. The molecule has 0 saturated carbocycles. The number of nitrogens with one attached hydrogen (secondary N) is 1. The van der Waals surface area contributed by atoms with Gasteiger partial charge in [0, 0.05) is 0 Å². The molecule has 1 aliphatic rings. The first-order chi connectivity index (χ1) is 9.10. The van der Waals surface area contributed by atoms with Crippen molar-refractivity contribution >= 4 is 32.7 Å². The van der Waals surface area contributed by atoms with Gasteiger partial charge < -0.3 is 0 Å². The van der Waals surface area contributed by atoms with Crippen LogP contribution in [0, 0.1) is 4.19 Å². The van der Waals surface area contributed by atoms with E-state index in [1.807, 2.05) is 0 Å². The monoisotopic (exact) mass is 331 g/mol. The van der Waals surface area contributed by atoms with E-state index in [9.17, 15) is 5.11 Å². The minimum absolute atomic E-state index is 0.222. The maximum absolute atomic E-state index is 9.76. The van der Waals surface area contributed by atoms with Crippen molar-refractivity contribution in [3.63, 3.8) is 0 Å². The van der Waals surface area contributed by atoms with E-state index in [1.165, 1.54) is 0 Å². The summed E-state index contributed by atoms with van der Waals surface area (Å²) in [6.45, 7) is -0.222. The second-order valence-corrected chi connectivity index (χ2v) is 5.25. The molecule has 0 amide bonds. The van der Waals surface area contributed by atoms with E-state index in [0.29, 0.717) is 21.8 Å². The summed E-state index contributed by atoms with van der Waals surface area (Å²) in [5, 5.41) is 18.9. The van der Waals surface area contributed by atoms with Crippen LogP contribution in [-0.4, -0.2) is 64.1 Å².